The van der Waals surface area contributed by atoms with Crippen LogP contribution in [0, 0.1) is 11.8 Å². The Kier molecular flexibility index (Phi) is 5.03. The lowest BCUT2D eigenvalue weighted by Crippen LogP contribution is -2.11. The van der Waals surface area contributed by atoms with Crippen LogP contribution in [-0.4, -0.2) is 17.4 Å². The van der Waals surface area contributed by atoms with E-state index in [0.717, 1.165) is 12.0 Å². The molecule has 0 radical (unpaired) electrons. The molecule has 0 saturated heterocycles. The summed E-state index contributed by atoms with van der Waals surface area (Å²) in [6.45, 7) is 2.27. The van der Waals surface area contributed by atoms with Crippen LogP contribution in [-0.2, 0) is 4.79 Å². The molecule has 1 aromatic heterocycles. The molecule has 0 fully saturated rings. The van der Waals surface area contributed by atoms with Crippen molar-refractivity contribution in [2.75, 3.05) is 11.9 Å². The molecule has 0 bridgehead atoms. The van der Waals surface area contributed by atoms with E-state index in [1.54, 1.807) is 18.3 Å². The first-order chi connectivity index (χ1) is 7.76. The van der Waals surface area contributed by atoms with Gasteiger partial charge in [0.2, 0.25) is 5.91 Å². The second-order valence-electron chi connectivity index (χ2n) is 3.23. The SMILES string of the molecule is CCCC(=O)Nc1cc(C#CCN)ccn1. The Morgan fingerprint density at radius 1 is 1.62 bits per heavy atom. The Balaban J connectivity index is 2.71. The van der Waals surface area contributed by atoms with Crippen molar-refractivity contribution in [3.05, 3.63) is 23.9 Å². The van der Waals surface area contributed by atoms with Crippen molar-refractivity contribution >= 4 is 11.7 Å². The molecule has 0 unspecified atom stereocenters. The van der Waals surface area contributed by atoms with Gasteiger partial charge in [0.1, 0.15) is 5.82 Å². The average Bonchev–Trinajstić information content (AvgIpc) is 2.27. The third kappa shape index (κ3) is 4.11. The van der Waals surface area contributed by atoms with E-state index in [0.29, 0.717) is 18.8 Å². The van der Waals surface area contributed by atoms with Crippen LogP contribution in [0.3, 0.4) is 0 Å². The fraction of sp³-hybridized carbons (Fsp3) is 0.333. The number of carbonyl (C=O) groups excluding carboxylic acids is 1. The molecule has 1 rings (SSSR count). The van der Waals surface area contributed by atoms with Crippen molar-refractivity contribution in [2.24, 2.45) is 5.73 Å². The van der Waals surface area contributed by atoms with E-state index in [2.05, 4.69) is 22.1 Å². The van der Waals surface area contributed by atoms with Crippen LogP contribution in [0.2, 0.25) is 0 Å². The number of hydrogen-bond donors (Lipinski definition) is 2. The maximum atomic E-state index is 11.3. The molecular formula is C12H15N3O. The van der Waals surface area contributed by atoms with E-state index in [1.165, 1.54) is 0 Å². The molecular weight excluding hydrogens is 202 g/mol. The van der Waals surface area contributed by atoms with Gasteiger partial charge in [-0.3, -0.25) is 4.79 Å². The van der Waals surface area contributed by atoms with E-state index in [9.17, 15) is 4.79 Å². The molecule has 1 heterocycles. The summed E-state index contributed by atoms with van der Waals surface area (Å²) in [5.41, 5.74) is 6.07. The summed E-state index contributed by atoms with van der Waals surface area (Å²) in [6.07, 6.45) is 2.93. The summed E-state index contributed by atoms with van der Waals surface area (Å²) < 4.78 is 0. The predicted octanol–water partition coefficient (Wildman–Crippen LogP) is 1.13. The lowest BCUT2D eigenvalue weighted by molar-refractivity contribution is -0.116. The lowest BCUT2D eigenvalue weighted by Gasteiger charge is -2.02. The molecule has 3 N–H and O–H groups in total. The number of carbonyl (C=O) groups is 1. The van der Waals surface area contributed by atoms with Crippen LogP contribution < -0.4 is 11.1 Å². The highest BCUT2D eigenvalue weighted by molar-refractivity contribution is 5.89. The second kappa shape index (κ2) is 6.59. The summed E-state index contributed by atoms with van der Waals surface area (Å²) in [5.74, 6) is 6.13. The number of rotatable bonds is 3. The van der Waals surface area contributed by atoms with Gasteiger partial charge in [-0.25, -0.2) is 4.98 Å². The van der Waals surface area contributed by atoms with Crippen molar-refractivity contribution < 1.29 is 4.79 Å². The Labute approximate surface area is 95.3 Å². The molecule has 0 spiro atoms. The molecule has 0 aliphatic heterocycles. The zero-order valence-corrected chi connectivity index (χ0v) is 9.29. The fourth-order valence-corrected chi connectivity index (χ4v) is 1.16. The van der Waals surface area contributed by atoms with Gasteiger partial charge in [0.05, 0.1) is 6.54 Å². The first-order valence-electron chi connectivity index (χ1n) is 5.21. The highest BCUT2D eigenvalue weighted by Crippen LogP contribution is 2.06. The number of anilines is 1. The first kappa shape index (κ1) is 12.2. The van der Waals surface area contributed by atoms with Crippen molar-refractivity contribution in [3.63, 3.8) is 0 Å². The third-order valence-corrected chi connectivity index (χ3v) is 1.84. The molecule has 1 aromatic rings. The number of amides is 1. The molecule has 0 atom stereocenters. The zero-order valence-electron chi connectivity index (χ0n) is 9.29. The minimum Gasteiger partial charge on any atom is -0.320 e. The minimum absolute atomic E-state index is 0.0288. The largest absolute Gasteiger partial charge is 0.320 e. The highest BCUT2D eigenvalue weighted by Gasteiger charge is 2.01. The summed E-state index contributed by atoms with van der Waals surface area (Å²) >= 11 is 0. The van der Waals surface area contributed by atoms with Crippen LogP contribution >= 0.6 is 0 Å². The Morgan fingerprint density at radius 3 is 3.12 bits per heavy atom. The fourth-order valence-electron chi connectivity index (χ4n) is 1.16. The normalized spacial score (nSPS) is 9.12. The minimum atomic E-state index is -0.0288. The number of nitrogens with two attached hydrogens (primary N) is 1. The third-order valence-electron chi connectivity index (χ3n) is 1.84. The number of hydrogen-bond acceptors (Lipinski definition) is 3. The Morgan fingerprint density at radius 2 is 2.44 bits per heavy atom. The zero-order chi connectivity index (χ0) is 11.8. The molecule has 4 heteroatoms. The number of pyridine rings is 1. The Bertz CT molecular complexity index is 418. The summed E-state index contributed by atoms with van der Waals surface area (Å²) in [5, 5.41) is 2.71. The lowest BCUT2D eigenvalue weighted by atomic mass is 10.2. The van der Waals surface area contributed by atoms with Crippen LogP contribution in [0.25, 0.3) is 0 Å². The van der Waals surface area contributed by atoms with Gasteiger partial charge in [-0.15, -0.1) is 0 Å². The van der Waals surface area contributed by atoms with Gasteiger partial charge in [-0.1, -0.05) is 18.8 Å². The van der Waals surface area contributed by atoms with E-state index in [-0.39, 0.29) is 5.91 Å². The highest BCUT2D eigenvalue weighted by atomic mass is 16.1. The molecule has 0 aromatic carbocycles. The number of aromatic nitrogens is 1. The second-order valence-corrected chi connectivity index (χ2v) is 3.23. The quantitative estimate of drug-likeness (QED) is 0.746. The van der Waals surface area contributed by atoms with Gasteiger partial charge in [-0.2, -0.15) is 0 Å². The number of nitrogens with zero attached hydrogens (tertiary/aromatic N) is 1. The van der Waals surface area contributed by atoms with Crippen LogP contribution in [0.4, 0.5) is 5.82 Å². The van der Waals surface area contributed by atoms with E-state index in [1.807, 2.05) is 6.92 Å². The molecule has 84 valence electrons. The van der Waals surface area contributed by atoms with Crippen molar-refractivity contribution in [2.45, 2.75) is 19.8 Å². The summed E-state index contributed by atoms with van der Waals surface area (Å²) in [7, 11) is 0. The van der Waals surface area contributed by atoms with E-state index >= 15 is 0 Å². The van der Waals surface area contributed by atoms with Gasteiger partial charge in [0.15, 0.2) is 0 Å². The molecule has 0 aliphatic carbocycles. The summed E-state index contributed by atoms with van der Waals surface area (Å²) in [6, 6.07) is 3.51. The molecule has 16 heavy (non-hydrogen) atoms. The maximum Gasteiger partial charge on any atom is 0.225 e. The standard InChI is InChI=1S/C12H15N3O/c1-2-4-12(16)15-11-9-10(5-3-7-13)6-8-14-11/h6,8-9H,2,4,7,13H2,1H3,(H,14,15,16). The Hall–Kier alpha value is -1.86. The molecule has 4 nitrogen and oxygen atoms in total. The summed E-state index contributed by atoms with van der Waals surface area (Å²) in [4.78, 5) is 15.4. The predicted molar refractivity (Wildman–Crippen MR) is 63.7 cm³/mol. The van der Waals surface area contributed by atoms with Gasteiger partial charge >= 0.3 is 0 Å². The van der Waals surface area contributed by atoms with Crippen LogP contribution in [0.1, 0.15) is 25.3 Å². The van der Waals surface area contributed by atoms with Crippen molar-refractivity contribution in [3.8, 4) is 11.8 Å². The smallest absolute Gasteiger partial charge is 0.225 e. The molecule has 1 amide bonds. The van der Waals surface area contributed by atoms with Gasteiger partial charge in [0, 0.05) is 18.2 Å². The first-order valence-corrected chi connectivity index (χ1v) is 5.21. The van der Waals surface area contributed by atoms with Gasteiger partial charge in [0.25, 0.3) is 0 Å². The van der Waals surface area contributed by atoms with Gasteiger partial charge < -0.3 is 11.1 Å². The topological polar surface area (TPSA) is 68.0 Å². The molecule has 0 aliphatic rings. The van der Waals surface area contributed by atoms with E-state index in [4.69, 9.17) is 5.73 Å². The van der Waals surface area contributed by atoms with Crippen molar-refractivity contribution in [1.82, 2.24) is 4.98 Å². The van der Waals surface area contributed by atoms with E-state index < -0.39 is 0 Å². The average molecular weight is 217 g/mol. The number of nitrogens with one attached hydrogen (secondary N) is 1. The van der Waals surface area contributed by atoms with Crippen LogP contribution in [0.15, 0.2) is 18.3 Å². The monoisotopic (exact) mass is 217 g/mol. The molecule has 0 saturated carbocycles. The van der Waals surface area contributed by atoms with Crippen molar-refractivity contribution in [1.29, 1.82) is 0 Å². The van der Waals surface area contributed by atoms with Crippen LogP contribution in [0.5, 0.6) is 0 Å². The van der Waals surface area contributed by atoms with Gasteiger partial charge in [-0.05, 0) is 18.6 Å². The maximum absolute atomic E-state index is 11.3.